The molecule has 0 spiro atoms. The Morgan fingerprint density at radius 2 is 2.16 bits per heavy atom. The quantitative estimate of drug-likeness (QED) is 0.917. The van der Waals surface area contributed by atoms with Crippen LogP contribution in [0.1, 0.15) is 40.9 Å². The fourth-order valence-corrected chi connectivity index (χ4v) is 3.21. The second kappa shape index (κ2) is 6.14. The Morgan fingerprint density at radius 1 is 1.47 bits per heavy atom. The van der Waals surface area contributed by atoms with E-state index in [4.69, 9.17) is 5.11 Å². The predicted octanol–water partition coefficient (Wildman–Crippen LogP) is 2.03. The summed E-state index contributed by atoms with van der Waals surface area (Å²) in [4.78, 5) is 29.8. The Balaban J connectivity index is 1.95. The summed E-state index contributed by atoms with van der Waals surface area (Å²) in [5.74, 6) is -1.07. The molecule has 6 heteroatoms. The Hall–Kier alpha value is -1.43. The van der Waals surface area contributed by atoms with Gasteiger partial charge in [0.1, 0.15) is 4.88 Å². The van der Waals surface area contributed by atoms with Gasteiger partial charge < -0.3 is 10.0 Å². The van der Waals surface area contributed by atoms with Gasteiger partial charge in [0.2, 0.25) is 0 Å². The zero-order valence-electron chi connectivity index (χ0n) is 11.0. The number of aromatic nitrogens is 1. The minimum atomic E-state index is -0.755. The number of carboxylic acids is 1. The van der Waals surface area contributed by atoms with Gasteiger partial charge in [0, 0.05) is 13.1 Å². The molecular weight excluding hydrogens is 264 g/mol. The smallest absolute Gasteiger partial charge is 0.306 e. The van der Waals surface area contributed by atoms with Crippen LogP contribution in [0.3, 0.4) is 0 Å². The standard InChI is InChI=1S/C13H18N2O3S/c1-2-3-11-14-8-10(19-11)12(16)15-6-4-9(5-7-15)13(17)18/h8-9H,2-7H2,1H3,(H,17,18). The van der Waals surface area contributed by atoms with Gasteiger partial charge in [0.05, 0.1) is 17.1 Å². The lowest BCUT2D eigenvalue weighted by molar-refractivity contribution is -0.143. The molecule has 0 aromatic carbocycles. The van der Waals surface area contributed by atoms with Crippen molar-refractivity contribution in [2.24, 2.45) is 5.92 Å². The van der Waals surface area contributed by atoms with Crippen molar-refractivity contribution in [1.82, 2.24) is 9.88 Å². The number of hydrogen-bond donors (Lipinski definition) is 1. The Bertz CT molecular complexity index is 464. The first kappa shape index (κ1) is 14.0. The van der Waals surface area contributed by atoms with E-state index in [2.05, 4.69) is 11.9 Å². The number of aryl methyl sites for hydroxylation is 1. The summed E-state index contributed by atoms with van der Waals surface area (Å²) >= 11 is 1.45. The normalized spacial score (nSPS) is 16.6. The molecule has 1 saturated heterocycles. The van der Waals surface area contributed by atoms with Crippen LogP contribution in [0.5, 0.6) is 0 Å². The fraction of sp³-hybridized carbons (Fsp3) is 0.615. The van der Waals surface area contributed by atoms with Crippen molar-refractivity contribution in [1.29, 1.82) is 0 Å². The Labute approximate surface area is 116 Å². The molecule has 1 aromatic heterocycles. The molecule has 0 atom stereocenters. The molecule has 1 N–H and O–H groups in total. The molecule has 104 valence electrons. The van der Waals surface area contributed by atoms with E-state index in [0.717, 1.165) is 17.8 Å². The number of likely N-dealkylation sites (tertiary alicyclic amines) is 1. The number of thiazole rings is 1. The third-order valence-corrected chi connectivity index (χ3v) is 4.40. The molecule has 1 aromatic rings. The summed E-state index contributed by atoms with van der Waals surface area (Å²) in [6.45, 7) is 3.13. The van der Waals surface area contributed by atoms with Crippen molar-refractivity contribution < 1.29 is 14.7 Å². The van der Waals surface area contributed by atoms with Crippen LogP contribution < -0.4 is 0 Å². The van der Waals surface area contributed by atoms with E-state index in [1.165, 1.54) is 11.3 Å². The number of aliphatic carboxylic acids is 1. The number of nitrogens with zero attached hydrogens (tertiary/aromatic N) is 2. The monoisotopic (exact) mass is 282 g/mol. The molecule has 2 rings (SSSR count). The van der Waals surface area contributed by atoms with Crippen LogP contribution in [0.2, 0.25) is 0 Å². The highest BCUT2D eigenvalue weighted by Gasteiger charge is 2.28. The first-order valence-electron chi connectivity index (χ1n) is 6.58. The fourth-order valence-electron chi connectivity index (χ4n) is 2.22. The van der Waals surface area contributed by atoms with E-state index >= 15 is 0 Å². The zero-order chi connectivity index (χ0) is 13.8. The Morgan fingerprint density at radius 3 is 2.74 bits per heavy atom. The van der Waals surface area contributed by atoms with E-state index < -0.39 is 5.97 Å². The average molecular weight is 282 g/mol. The molecule has 2 heterocycles. The van der Waals surface area contributed by atoms with E-state index in [1.807, 2.05) is 0 Å². The zero-order valence-corrected chi connectivity index (χ0v) is 11.8. The summed E-state index contributed by atoms with van der Waals surface area (Å²) in [5.41, 5.74) is 0. The second-order valence-electron chi connectivity index (χ2n) is 4.77. The Kier molecular flexibility index (Phi) is 4.52. The highest BCUT2D eigenvalue weighted by atomic mass is 32.1. The molecule has 1 aliphatic rings. The lowest BCUT2D eigenvalue weighted by Crippen LogP contribution is -2.39. The lowest BCUT2D eigenvalue weighted by Gasteiger charge is -2.29. The number of carboxylic acid groups (broad SMARTS) is 1. The van der Waals surface area contributed by atoms with Crippen molar-refractivity contribution in [3.63, 3.8) is 0 Å². The van der Waals surface area contributed by atoms with Gasteiger partial charge in [-0.1, -0.05) is 6.92 Å². The van der Waals surface area contributed by atoms with Crippen LogP contribution in [0, 0.1) is 5.92 Å². The topological polar surface area (TPSA) is 70.5 Å². The van der Waals surface area contributed by atoms with Gasteiger partial charge >= 0.3 is 5.97 Å². The molecule has 1 amide bonds. The number of hydrogen-bond acceptors (Lipinski definition) is 4. The van der Waals surface area contributed by atoms with Crippen molar-refractivity contribution in [3.8, 4) is 0 Å². The van der Waals surface area contributed by atoms with E-state index in [1.54, 1.807) is 11.1 Å². The highest BCUT2D eigenvalue weighted by Crippen LogP contribution is 2.22. The minimum absolute atomic E-state index is 0.0105. The van der Waals surface area contributed by atoms with Crippen molar-refractivity contribution in [2.45, 2.75) is 32.6 Å². The molecule has 0 aliphatic carbocycles. The molecule has 19 heavy (non-hydrogen) atoms. The maximum absolute atomic E-state index is 12.2. The maximum atomic E-state index is 12.2. The van der Waals surface area contributed by atoms with E-state index in [0.29, 0.717) is 30.8 Å². The van der Waals surface area contributed by atoms with Gasteiger partial charge in [-0.05, 0) is 25.7 Å². The van der Waals surface area contributed by atoms with Gasteiger partial charge in [-0.3, -0.25) is 9.59 Å². The number of piperidine rings is 1. The molecule has 0 unspecified atom stereocenters. The second-order valence-corrected chi connectivity index (χ2v) is 5.89. The van der Waals surface area contributed by atoms with Crippen LogP contribution >= 0.6 is 11.3 Å². The average Bonchev–Trinajstić information content (AvgIpc) is 2.87. The summed E-state index contributed by atoms with van der Waals surface area (Å²) in [7, 11) is 0. The van der Waals surface area contributed by atoms with Gasteiger partial charge in [0.15, 0.2) is 0 Å². The molecule has 0 bridgehead atoms. The van der Waals surface area contributed by atoms with Crippen LogP contribution in [0.25, 0.3) is 0 Å². The van der Waals surface area contributed by atoms with Crippen molar-refractivity contribution in [2.75, 3.05) is 13.1 Å². The largest absolute Gasteiger partial charge is 0.481 e. The molecule has 1 aliphatic heterocycles. The van der Waals surface area contributed by atoms with Crippen LogP contribution in [-0.2, 0) is 11.2 Å². The predicted molar refractivity (Wildman–Crippen MR) is 72.4 cm³/mol. The van der Waals surface area contributed by atoms with E-state index in [-0.39, 0.29) is 11.8 Å². The molecular formula is C13H18N2O3S. The van der Waals surface area contributed by atoms with Gasteiger partial charge in [0.25, 0.3) is 5.91 Å². The number of carbonyl (C=O) groups excluding carboxylic acids is 1. The number of amides is 1. The number of rotatable bonds is 4. The maximum Gasteiger partial charge on any atom is 0.306 e. The summed E-state index contributed by atoms with van der Waals surface area (Å²) in [5, 5.41) is 9.92. The summed E-state index contributed by atoms with van der Waals surface area (Å²) < 4.78 is 0. The third-order valence-electron chi connectivity index (χ3n) is 3.36. The van der Waals surface area contributed by atoms with Gasteiger partial charge in [-0.25, -0.2) is 4.98 Å². The van der Waals surface area contributed by atoms with Crippen molar-refractivity contribution in [3.05, 3.63) is 16.1 Å². The summed E-state index contributed by atoms with van der Waals surface area (Å²) in [6.07, 6.45) is 4.65. The minimum Gasteiger partial charge on any atom is -0.481 e. The molecule has 5 nitrogen and oxygen atoms in total. The first-order valence-corrected chi connectivity index (χ1v) is 7.40. The SMILES string of the molecule is CCCc1ncc(C(=O)N2CCC(C(=O)O)CC2)s1. The molecule has 0 radical (unpaired) electrons. The van der Waals surface area contributed by atoms with Crippen LogP contribution in [0.4, 0.5) is 0 Å². The molecule has 1 fully saturated rings. The van der Waals surface area contributed by atoms with Gasteiger partial charge in [-0.15, -0.1) is 11.3 Å². The van der Waals surface area contributed by atoms with Gasteiger partial charge in [-0.2, -0.15) is 0 Å². The van der Waals surface area contributed by atoms with Crippen LogP contribution in [0.15, 0.2) is 6.20 Å². The van der Waals surface area contributed by atoms with Crippen molar-refractivity contribution >= 4 is 23.2 Å². The number of carbonyl (C=O) groups is 2. The highest BCUT2D eigenvalue weighted by molar-refractivity contribution is 7.13. The lowest BCUT2D eigenvalue weighted by atomic mass is 9.97. The first-order chi connectivity index (χ1) is 9.11. The van der Waals surface area contributed by atoms with E-state index in [9.17, 15) is 9.59 Å². The molecule has 0 saturated carbocycles. The van der Waals surface area contributed by atoms with Crippen LogP contribution in [-0.4, -0.2) is 40.0 Å². The third kappa shape index (κ3) is 3.32. The summed E-state index contributed by atoms with van der Waals surface area (Å²) in [6, 6.07) is 0.